The van der Waals surface area contributed by atoms with E-state index in [0.717, 1.165) is 44.7 Å². The van der Waals surface area contributed by atoms with E-state index in [1.165, 1.54) is 6.33 Å². The van der Waals surface area contributed by atoms with Crippen molar-refractivity contribution in [3.8, 4) is 0 Å². The highest BCUT2D eigenvalue weighted by Gasteiger charge is 2.20. The summed E-state index contributed by atoms with van der Waals surface area (Å²) in [5.74, 6) is 1.10. The zero-order valence-corrected chi connectivity index (χ0v) is 12.3. The van der Waals surface area contributed by atoms with E-state index < -0.39 is 0 Å². The Hall–Kier alpha value is -1.47. The monoisotopic (exact) mass is 280 g/mol. The van der Waals surface area contributed by atoms with Crippen molar-refractivity contribution in [3.05, 3.63) is 12.2 Å². The van der Waals surface area contributed by atoms with Crippen LogP contribution in [0.15, 0.2) is 6.33 Å². The van der Waals surface area contributed by atoms with Crippen LogP contribution in [0.1, 0.15) is 18.7 Å². The van der Waals surface area contributed by atoms with Crippen molar-refractivity contribution in [3.63, 3.8) is 0 Å². The van der Waals surface area contributed by atoms with E-state index in [-0.39, 0.29) is 5.91 Å². The summed E-state index contributed by atoms with van der Waals surface area (Å²) >= 11 is 0. The lowest BCUT2D eigenvalue weighted by molar-refractivity contribution is -0.130. The maximum Gasteiger partial charge on any atom is 0.236 e. The Morgan fingerprint density at radius 1 is 1.50 bits per heavy atom. The van der Waals surface area contributed by atoms with Crippen molar-refractivity contribution in [2.45, 2.75) is 25.3 Å². The summed E-state index contributed by atoms with van der Waals surface area (Å²) in [6, 6.07) is 0.545. The van der Waals surface area contributed by atoms with Crippen molar-refractivity contribution in [1.29, 1.82) is 0 Å². The zero-order valence-electron chi connectivity index (χ0n) is 12.3. The summed E-state index contributed by atoms with van der Waals surface area (Å²) in [5, 5.41) is 10.2. The minimum absolute atomic E-state index is 0.182. The first kappa shape index (κ1) is 14.9. The van der Waals surface area contributed by atoms with Crippen LogP contribution in [0.4, 0.5) is 0 Å². The van der Waals surface area contributed by atoms with Gasteiger partial charge in [-0.25, -0.2) is 4.98 Å². The second kappa shape index (κ2) is 7.35. The number of H-pyrrole nitrogens is 1. The molecule has 0 aliphatic carbocycles. The highest BCUT2D eigenvalue weighted by molar-refractivity contribution is 5.77. The number of nitrogens with one attached hydrogen (secondary N) is 2. The first-order chi connectivity index (χ1) is 9.65. The van der Waals surface area contributed by atoms with Crippen LogP contribution >= 0.6 is 0 Å². The fourth-order valence-corrected chi connectivity index (χ4v) is 2.37. The van der Waals surface area contributed by atoms with Crippen molar-refractivity contribution in [1.82, 2.24) is 30.3 Å². The van der Waals surface area contributed by atoms with Crippen LogP contribution in [-0.2, 0) is 11.2 Å². The quantitative estimate of drug-likeness (QED) is 0.734. The molecule has 1 fully saturated rings. The van der Waals surface area contributed by atoms with Crippen molar-refractivity contribution in [2.24, 2.45) is 0 Å². The van der Waals surface area contributed by atoms with Crippen LogP contribution < -0.4 is 5.32 Å². The van der Waals surface area contributed by atoms with Crippen LogP contribution in [0.2, 0.25) is 0 Å². The second-order valence-electron chi connectivity index (χ2n) is 5.47. The highest BCUT2D eigenvalue weighted by Crippen LogP contribution is 2.10. The average Bonchev–Trinajstić information content (AvgIpc) is 2.94. The van der Waals surface area contributed by atoms with Gasteiger partial charge in [-0.15, -0.1) is 0 Å². The molecule has 2 rings (SSSR count). The van der Waals surface area contributed by atoms with E-state index in [1.807, 2.05) is 0 Å². The number of likely N-dealkylation sites (N-methyl/N-ethyl adjacent to an activating group) is 1. The van der Waals surface area contributed by atoms with Crippen LogP contribution in [0, 0.1) is 0 Å². The van der Waals surface area contributed by atoms with Crippen LogP contribution in [-0.4, -0.2) is 77.2 Å². The molecule has 20 heavy (non-hydrogen) atoms. The molecule has 0 saturated carbocycles. The van der Waals surface area contributed by atoms with Crippen LogP contribution in [0.25, 0.3) is 0 Å². The Kier molecular flexibility index (Phi) is 5.49. The van der Waals surface area contributed by atoms with Crippen LogP contribution in [0.5, 0.6) is 0 Å². The van der Waals surface area contributed by atoms with Crippen molar-refractivity contribution < 1.29 is 4.79 Å². The molecule has 7 heteroatoms. The second-order valence-corrected chi connectivity index (χ2v) is 5.47. The Bertz CT molecular complexity index is 397. The summed E-state index contributed by atoms with van der Waals surface area (Å²) in [7, 11) is 3.61. The molecule has 0 radical (unpaired) electrons. The van der Waals surface area contributed by atoms with Gasteiger partial charge in [0.2, 0.25) is 5.91 Å². The third-order valence-electron chi connectivity index (χ3n) is 3.70. The van der Waals surface area contributed by atoms with Gasteiger partial charge in [-0.2, -0.15) is 5.10 Å². The van der Waals surface area contributed by atoms with E-state index >= 15 is 0 Å². The summed E-state index contributed by atoms with van der Waals surface area (Å²) in [5.41, 5.74) is 0. The predicted molar refractivity (Wildman–Crippen MR) is 76.2 cm³/mol. The number of amides is 1. The topological polar surface area (TPSA) is 77.2 Å². The van der Waals surface area contributed by atoms with Gasteiger partial charge in [0.1, 0.15) is 12.2 Å². The number of carbonyl (C=O) groups is 1. The van der Waals surface area contributed by atoms with Gasteiger partial charge in [-0.3, -0.25) is 14.8 Å². The number of hydrogen-bond acceptors (Lipinski definition) is 5. The van der Waals surface area contributed by atoms with Gasteiger partial charge in [0.25, 0.3) is 0 Å². The van der Waals surface area contributed by atoms with Crippen molar-refractivity contribution >= 4 is 5.91 Å². The lowest BCUT2D eigenvalue weighted by Crippen LogP contribution is -2.46. The number of likely N-dealkylation sites (tertiary alicyclic amines) is 1. The highest BCUT2D eigenvalue weighted by atomic mass is 16.2. The van der Waals surface area contributed by atoms with Gasteiger partial charge in [0, 0.05) is 46.2 Å². The molecule has 2 heterocycles. The minimum atomic E-state index is 0.182. The number of carbonyl (C=O) groups excluding carboxylic acids is 1. The number of aromatic nitrogens is 3. The lowest BCUT2D eigenvalue weighted by atomic mass is 10.0. The Morgan fingerprint density at radius 3 is 2.85 bits per heavy atom. The third kappa shape index (κ3) is 4.57. The van der Waals surface area contributed by atoms with E-state index in [9.17, 15) is 4.79 Å². The average molecular weight is 280 g/mol. The molecule has 0 aromatic carbocycles. The molecular weight excluding hydrogens is 256 g/mol. The summed E-state index contributed by atoms with van der Waals surface area (Å²) in [6.45, 7) is 3.42. The first-order valence-corrected chi connectivity index (χ1v) is 7.15. The van der Waals surface area contributed by atoms with Crippen molar-refractivity contribution in [2.75, 3.05) is 40.3 Å². The molecule has 7 nitrogen and oxygen atoms in total. The fourth-order valence-electron chi connectivity index (χ4n) is 2.37. The maximum atomic E-state index is 11.6. The lowest BCUT2D eigenvalue weighted by Gasteiger charge is -2.32. The molecule has 2 N–H and O–H groups in total. The van der Waals surface area contributed by atoms with E-state index in [1.54, 1.807) is 19.0 Å². The number of rotatable bonds is 6. The van der Waals surface area contributed by atoms with E-state index in [2.05, 4.69) is 25.4 Å². The molecule has 0 bridgehead atoms. The Morgan fingerprint density at radius 2 is 2.25 bits per heavy atom. The summed E-state index contributed by atoms with van der Waals surface area (Å²) in [6.07, 6.45) is 4.60. The molecule has 112 valence electrons. The molecule has 0 atom stereocenters. The molecule has 1 aliphatic rings. The molecule has 1 aliphatic heterocycles. The number of hydrogen-bond donors (Lipinski definition) is 2. The van der Waals surface area contributed by atoms with E-state index in [0.29, 0.717) is 12.6 Å². The molecule has 1 amide bonds. The van der Waals surface area contributed by atoms with Gasteiger partial charge in [0.15, 0.2) is 0 Å². The molecule has 0 spiro atoms. The number of piperidine rings is 1. The van der Waals surface area contributed by atoms with Gasteiger partial charge in [-0.1, -0.05) is 0 Å². The third-order valence-corrected chi connectivity index (χ3v) is 3.70. The molecule has 1 aromatic rings. The predicted octanol–water partition coefficient (Wildman–Crippen LogP) is -0.511. The van der Waals surface area contributed by atoms with Gasteiger partial charge in [0.05, 0.1) is 6.54 Å². The number of aromatic amines is 1. The smallest absolute Gasteiger partial charge is 0.236 e. The van der Waals surface area contributed by atoms with Crippen LogP contribution in [0.3, 0.4) is 0 Å². The first-order valence-electron chi connectivity index (χ1n) is 7.15. The molecule has 0 unspecified atom stereocenters. The molecular formula is C13H24N6O. The maximum absolute atomic E-state index is 11.6. The Labute approximate surface area is 119 Å². The summed E-state index contributed by atoms with van der Waals surface area (Å²) < 4.78 is 0. The van der Waals surface area contributed by atoms with E-state index in [4.69, 9.17) is 0 Å². The van der Waals surface area contributed by atoms with Gasteiger partial charge < -0.3 is 10.2 Å². The normalized spacial score (nSPS) is 17.3. The molecule has 1 aromatic heterocycles. The zero-order chi connectivity index (χ0) is 14.4. The standard InChI is InChI=1S/C13H24N6O/c1-18(2)13(20)9-19-7-4-11(5-8-19)14-6-3-12-15-10-16-17-12/h10-11,14H,3-9H2,1-2H3,(H,15,16,17). The minimum Gasteiger partial charge on any atom is -0.348 e. The van der Waals surface area contributed by atoms with Gasteiger partial charge >= 0.3 is 0 Å². The molecule has 1 saturated heterocycles. The summed E-state index contributed by atoms with van der Waals surface area (Å²) in [4.78, 5) is 19.6. The largest absolute Gasteiger partial charge is 0.348 e. The number of nitrogens with zero attached hydrogens (tertiary/aromatic N) is 4. The SMILES string of the molecule is CN(C)C(=O)CN1CCC(NCCc2ncn[nH]2)CC1. The van der Waals surface area contributed by atoms with Gasteiger partial charge in [-0.05, 0) is 12.8 Å². The Balaban J connectivity index is 1.60. The fraction of sp³-hybridized carbons (Fsp3) is 0.769.